The first kappa shape index (κ1) is 28.3. The van der Waals surface area contributed by atoms with Gasteiger partial charge in [-0.25, -0.2) is 9.59 Å². The topological polar surface area (TPSA) is 173 Å². The molecule has 1 aromatic rings. The smallest absolute Gasteiger partial charge is 0.414 e. The summed E-state index contributed by atoms with van der Waals surface area (Å²) in [6.07, 6.45) is -8.17. The Bertz CT molecular complexity index is 976. The largest absolute Gasteiger partial charge is 0.459 e. The zero-order valence-corrected chi connectivity index (χ0v) is 19.8. The first-order valence-corrected chi connectivity index (χ1v) is 10.7. The normalized spacial score (nSPS) is 22.9. The van der Waals surface area contributed by atoms with Gasteiger partial charge in [0.2, 0.25) is 12.4 Å². The molecule has 0 radical (unpaired) electrons. The number of nitrogens with one attached hydrogen (secondary N) is 1. The van der Waals surface area contributed by atoms with Gasteiger partial charge in [0, 0.05) is 26.5 Å². The maximum atomic E-state index is 12.7. The van der Waals surface area contributed by atoms with E-state index in [-0.39, 0.29) is 18.9 Å². The molecule has 36 heavy (non-hydrogen) atoms. The summed E-state index contributed by atoms with van der Waals surface area (Å²) in [4.78, 5) is 60.7. The maximum absolute atomic E-state index is 12.7. The van der Waals surface area contributed by atoms with E-state index < -0.39 is 60.7 Å². The monoisotopic (exact) mass is 509 g/mol. The van der Waals surface area contributed by atoms with Gasteiger partial charge in [-0.15, -0.1) is 0 Å². The van der Waals surface area contributed by atoms with Gasteiger partial charge in [0.05, 0.1) is 6.61 Å². The summed E-state index contributed by atoms with van der Waals surface area (Å²) in [5, 5.41) is 11.5. The summed E-state index contributed by atoms with van der Waals surface area (Å²) in [5.74, 6) is -3.66. The number of esters is 4. The number of aliphatic hydroxyl groups is 1. The predicted molar refractivity (Wildman–Crippen MR) is 119 cm³/mol. The molecule has 1 fully saturated rings. The predicted octanol–water partition coefficient (Wildman–Crippen LogP) is 0.977. The zero-order chi connectivity index (χ0) is 26.8. The van der Waals surface area contributed by atoms with Gasteiger partial charge in [-0.1, -0.05) is 24.8 Å². The Morgan fingerprint density at radius 1 is 0.917 bits per heavy atom. The number of carbonyl (C=O) groups excluding carboxylic acids is 5. The Morgan fingerprint density at radius 3 is 2.00 bits per heavy atom. The van der Waals surface area contributed by atoms with Crippen LogP contribution in [-0.2, 0) is 54.2 Å². The number of hydrogen-bond donors (Lipinski definition) is 2. The molecule has 1 saturated heterocycles. The van der Waals surface area contributed by atoms with Crippen molar-refractivity contribution < 1.29 is 57.5 Å². The maximum Gasteiger partial charge on any atom is 0.414 e. The van der Waals surface area contributed by atoms with Gasteiger partial charge in [0.25, 0.3) is 0 Å². The lowest BCUT2D eigenvalue weighted by molar-refractivity contribution is -0.287. The van der Waals surface area contributed by atoms with Crippen LogP contribution in [0, 0.1) is 0 Å². The summed E-state index contributed by atoms with van der Waals surface area (Å²) >= 11 is 0. The molecule has 0 saturated carbocycles. The van der Waals surface area contributed by atoms with Crippen LogP contribution in [0.1, 0.15) is 26.3 Å². The van der Waals surface area contributed by atoms with Crippen molar-refractivity contribution in [3.8, 4) is 0 Å². The van der Waals surface area contributed by atoms with Gasteiger partial charge in [0.15, 0.2) is 18.3 Å². The number of hydrogen-bond acceptors (Lipinski definition) is 12. The van der Waals surface area contributed by atoms with Crippen LogP contribution in [0.4, 0.5) is 10.5 Å². The molecule has 0 bridgehead atoms. The van der Waals surface area contributed by atoms with E-state index in [9.17, 15) is 24.0 Å². The molecular formula is C23H27NO12. The molecule has 5 unspecified atom stereocenters. The molecule has 1 aliphatic heterocycles. The van der Waals surface area contributed by atoms with E-state index in [0.29, 0.717) is 5.56 Å². The van der Waals surface area contributed by atoms with Crippen LogP contribution in [0.2, 0.25) is 0 Å². The number of ether oxygens (including phenoxy) is 6. The lowest BCUT2D eigenvalue weighted by Gasteiger charge is -2.42. The van der Waals surface area contributed by atoms with Crippen molar-refractivity contribution in [2.24, 2.45) is 0 Å². The van der Waals surface area contributed by atoms with Crippen molar-refractivity contribution in [2.75, 3.05) is 11.9 Å². The molecule has 13 nitrogen and oxygen atoms in total. The fraction of sp³-hybridized carbons (Fsp3) is 0.435. The molecule has 2 N–H and O–H groups in total. The Morgan fingerprint density at radius 2 is 1.47 bits per heavy atom. The first-order valence-electron chi connectivity index (χ1n) is 10.7. The van der Waals surface area contributed by atoms with Crippen LogP contribution < -0.4 is 5.32 Å². The van der Waals surface area contributed by atoms with Crippen molar-refractivity contribution in [3.05, 3.63) is 42.5 Å². The number of carbonyl (C=O) groups is 5. The van der Waals surface area contributed by atoms with Crippen LogP contribution in [0.5, 0.6) is 0 Å². The Balaban J connectivity index is 2.38. The third-order valence-electron chi connectivity index (χ3n) is 4.58. The molecule has 13 heteroatoms. The van der Waals surface area contributed by atoms with Crippen LogP contribution >= 0.6 is 0 Å². The van der Waals surface area contributed by atoms with Crippen molar-refractivity contribution in [1.29, 1.82) is 0 Å². The van der Waals surface area contributed by atoms with E-state index in [1.807, 2.05) is 0 Å². The van der Waals surface area contributed by atoms with E-state index in [1.165, 1.54) is 18.2 Å². The number of rotatable bonds is 9. The van der Waals surface area contributed by atoms with Gasteiger partial charge in [-0.2, -0.15) is 0 Å². The first-order chi connectivity index (χ1) is 17.0. The van der Waals surface area contributed by atoms with Crippen LogP contribution in [-0.4, -0.2) is 72.4 Å². The number of benzene rings is 1. The Labute approximate surface area is 206 Å². The lowest BCUT2D eigenvalue weighted by atomic mass is 9.97. The van der Waals surface area contributed by atoms with Gasteiger partial charge in [0.1, 0.15) is 6.61 Å². The van der Waals surface area contributed by atoms with Gasteiger partial charge < -0.3 is 33.5 Å². The van der Waals surface area contributed by atoms with Crippen molar-refractivity contribution >= 4 is 35.7 Å². The van der Waals surface area contributed by atoms with Crippen LogP contribution in [0.15, 0.2) is 36.9 Å². The van der Waals surface area contributed by atoms with Crippen molar-refractivity contribution in [3.63, 3.8) is 0 Å². The molecule has 1 aliphatic rings. The molecule has 0 aromatic heterocycles. The molecular weight excluding hydrogens is 482 g/mol. The molecule has 5 atom stereocenters. The summed E-state index contributed by atoms with van der Waals surface area (Å²) in [5.41, 5.74) is 0.884. The number of amides is 1. The molecule has 0 spiro atoms. The van der Waals surface area contributed by atoms with E-state index in [2.05, 4.69) is 11.9 Å². The fourth-order valence-corrected chi connectivity index (χ4v) is 3.23. The van der Waals surface area contributed by atoms with Gasteiger partial charge >= 0.3 is 30.0 Å². The minimum Gasteiger partial charge on any atom is -0.459 e. The van der Waals surface area contributed by atoms with Gasteiger partial charge in [-0.05, 0) is 17.7 Å². The summed E-state index contributed by atoms with van der Waals surface area (Å²) in [6.45, 7) is 6.11. The summed E-state index contributed by atoms with van der Waals surface area (Å²) in [7, 11) is 0. The Hall–Kier alpha value is -3.97. The highest BCUT2D eigenvalue weighted by atomic mass is 16.8. The third-order valence-corrected chi connectivity index (χ3v) is 4.58. The number of anilines is 1. The average molecular weight is 509 g/mol. The van der Waals surface area contributed by atoms with Crippen molar-refractivity contribution in [1.82, 2.24) is 0 Å². The molecule has 1 amide bonds. The fourth-order valence-electron chi connectivity index (χ4n) is 3.23. The average Bonchev–Trinajstić information content (AvgIpc) is 2.80. The second-order valence-electron chi connectivity index (χ2n) is 7.45. The minimum absolute atomic E-state index is 0.199. The van der Waals surface area contributed by atoms with Gasteiger partial charge in [-0.3, -0.25) is 19.7 Å². The van der Waals surface area contributed by atoms with E-state index >= 15 is 0 Å². The molecule has 1 heterocycles. The minimum atomic E-state index is -1.79. The third kappa shape index (κ3) is 8.06. The molecule has 1 aromatic carbocycles. The van der Waals surface area contributed by atoms with Crippen molar-refractivity contribution in [2.45, 2.75) is 58.1 Å². The molecule has 2 rings (SSSR count). The summed E-state index contributed by atoms with van der Waals surface area (Å²) in [6, 6.07) is 6.10. The SMILES string of the molecule is C=CCOC(=O)C1OC(OC(=O)Nc2ccc(CO)cc2)C(OC(C)=O)C(OC(C)=O)C1OC(C)=O. The Kier molecular flexibility index (Phi) is 10.4. The zero-order valence-electron chi connectivity index (χ0n) is 19.8. The number of aliphatic hydroxyl groups excluding tert-OH is 1. The van der Waals surface area contributed by atoms with Crippen LogP contribution in [0.25, 0.3) is 0 Å². The highest BCUT2D eigenvalue weighted by molar-refractivity contribution is 5.84. The molecule has 0 aliphatic carbocycles. The highest BCUT2D eigenvalue weighted by Crippen LogP contribution is 2.30. The second kappa shape index (κ2) is 13.2. The van der Waals surface area contributed by atoms with E-state index in [4.69, 9.17) is 33.5 Å². The highest BCUT2D eigenvalue weighted by Gasteiger charge is 2.56. The van der Waals surface area contributed by atoms with E-state index in [0.717, 1.165) is 20.8 Å². The lowest BCUT2D eigenvalue weighted by Crippen LogP contribution is -2.64. The second-order valence-corrected chi connectivity index (χ2v) is 7.45. The van der Waals surface area contributed by atoms with Crippen LogP contribution in [0.3, 0.4) is 0 Å². The summed E-state index contributed by atoms with van der Waals surface area (Å²) < 4.78 is 31.4. The van der Waals surface area contributed by atoms with E-state index in [1.54, 1.807) is 12.1 Å². The standard InChI is InChI=1S/C23H27NO12/c1-5-10-31-21(29)19-17(32-12(2)26)18(33-13(3)27)20(34-14(4)28)22(35-19)36-23(30)24-16-8-6-15(11-25)7-9-16/h5-9,17-20,22,25H,1,10-11H2,2-4H3,(H,24,30). The molecule has 196 valence electrons. The quantitative estimate of drug-likeness (QED) is 0.275.